The Hall–Kier alpha value is -1.91. The Kier molecular flexibility index (Phi) is 4.99. The Morgan fingerprint density at radius 2 is 1.83 bits per heavy atom. The summed E-state index contributed by atoms with van der Waals surface area (Å²) in [6.07, 6.45) is 10.1. The average molecular weight is 400 g/mol. The van der Waals surface area contributed by atoms with Crippen molar-refractivity contribution >= 4 is 18.2 Å². The number of nitrogens with one attached hydrogen (secondary N) is 1. The lowest BCUT2D eigenvalue weighted by atomic mass is 9.47. The third-order valence-electron chi connectivity index (χ3n) is 8.55. The summed E-state index contributed by atoms with van der Waals surface area (Å²) in [5.74, 6) is 1.26. The molecule has 0 spiro atoms. The van der Waals surface area contributed by atoms with E-state index in [0.717, 1.165) is 62.5 Å². The summed E-state index contributed by atoms with van der Waals surface area (Å²) in [6.45, 7) is 7.66. The van der Waals surface area contributed by atoms with E-state index in [0.29, 0.717) is 17.8 Å². The smallest absolute Gasteiger partial charge is 0.303 e. The summed E-state index contributed by atoms with van der Waals surface area (Å²) in [6, 6.07) is 0. The van der Waals surface area contributed by atoms with Gasteiger partial charge in [-0.3, -0.25) is 14.4 Å². The van der Waals surface area contributed by atoms with Crippen LogP contribution in [0.4, 0.5) is 0 Å². The molecule has 4 rings (SSSR count). The first kappa shape index (κ1) is 20.4. The molecule has 5 nitrogen and oxygen atoms in total. The van der Waals surface area contributed by atoms with Gasteiger partial charge in [-0.15, -0.1) is 0 Å². The normalized spacial score (nSPS) is 40.9. The van der Waals surface area contributed by atoms with E-state index < -0.39 is 0 Å². The van der Waals surface area contributed by atoms with Gasteiger partial charge in [0.15, 0.2) is 0 Å². The number of carbonyl (C=O) groups excluding carboxylic acids is 3. The van der Waals surface area contributed by atoms with Crippen molar-refractivity contribution in [3.63, 3.8) is 0 Å². The Labute approximate surface area is 173 Å². The molecule has 0 aliphatic heterocycles. The Bertz CT molecular complexity index is 812. The van der Waals surface area contributed by atoms with E-state index >= 15 is 0 Å². The van der Waals surface area contributed by atoms with Crippen LogP contribution in [0.5, 0.6) is 0 Å². The third-order valence-corrected chi connectivity index (χ3v) is 8.55. The van der Waals surface area contributed by atoms with Crippen molar-refractivity contribution in [3.05, 3.63) is 22.9 Å². The van der Waals surface area contributed by atoms with Crippen LogP contribution in [0.2, 0.25) is 0 Å². The molecule has 0 unspecified atom stereocenters. The lowest BCUT2D eigenvalue weighted by Crippen LogP contribution is -2.51. The van der Waals surface area contributed by atoms with Crippen LogP contribution in [0.3, 0.4) is 0 Å². The van der Waals surface area contributed by atoms with Crippen LogP contribution in [0.15, 0.2) is 22.9 Å². The molecule has 0 heterocycles. The predicted octanol–water partition coefficient (Wildman–Crippen LogP) is 4.08. The highest BCUT2D eigenvalue weighted by Crippen LogP contribution is 2.66. The molecule has 0 aromatic heterocycles. The first-order valence-electron chi connectivity index (χ1n) is 11.0. The maximum absolute atomic E-state index is 11.8. The number of esters is 1. The number of carbonyl (C=O) groups is 3. The van der Waals surface area contributed by atoms with Crippen molar-refractivity contribution in [1.82, 2.24) is 5.32 Å². The van der Waals surface area contributed by atoms with Gasteiger partial charge in [-0.05, 0) is 74.2 Å². The number of fused-ring (bicyclic) bond motifs is 5. The quantitative estimate of drug-likeness (QED) is 0.441. The standard InChI is InChI=1S/C24H33NO4/c1-14(27)25-22-16(13-26)11-21-19-6-5-17-12-18(29-15(2)28)7-9-23(17,3)20(19)8-10-24(21,22)4/h12-13,18-21H,5-11H2,1-4H3,(H,25,27)/t18-,19+,20-,21-,23-,24-/m0/s1. The van der Waals surface area contributed by atoms with Crippen LogP contribution in [0, 0.1) is 28.6 Å². The third kappa shape index (κ3) is 3.17. The molecule has 0 aromatic carbocycles. The maximum atomic E-state index is 11.8. The molecule has 158 valence electrons. The molecule has 5 heteroatoms. The average Bonchev–Trinajstić information content (AvgIpc) is 2.93. The minimum absolute atomic E-state index is 0.0813. The van der Waals surface area contributed by atoms with Gasteiger partial charge in [0.05, 0.1) is 0 Å². The molecular weight excluding hydrogens is 366 g/mol. The molecule has 0 radical (unpaired) electrons. The summed E-state index contributed by atoms with van der Waals surface area (Å²) < 4.78 is 5.49. The zero-order valence-corrected chi connectivity index (χ0v) is 18.0. The summed E-state index contributed by atoms with van der Waals surface area (Å²) in [7, 11) is 0. The van der Waals surface area contributed by atoms with Crippen molar-refractivity contribution in [3.8, 4) is 0 Å². The van der Waals surface area contributed by atoms with Crippen molar-refractivity contribution in [1.29, 1.82) is 0 Å². The van der Waals surface area contributed by atoms with Gasteiger partial charge in [0.2, 0.25) is 5.91 Å². The molecule has 4 aliphatic carbocycles. The highest BCUT2D eigenvalue weighted by molar-refractivity contribution is 5.81. The van der Waals surface area contributed by atoms with Crippen molar-refractivity contribution in [2.75, 3.05) is 0 Å². The van der Waals surface area contributed by atoms with E-state index in [1.54, 1.807) is 0 Å². The van der Waals surface area contributed by atoms with E-state index in [1.807, 2.05) is 0 Å². The number of allylic oxidation sites excluding steroid dienone is 3. The van der Waals surface area contributed by atoms with Crippen LogP contribution < -0.4 is 5.32 Å². The second kappa shape index (κ2) is 7.10. The number of hydrogen-bond acceptors (Lipinski definition) is 4. The Balaban J connectivity index is 1.62. The van der Waals surface area contributed by atoms with Crippen molar-refractivity contribution in [2.24, 2.45) is 28.6 Å². The van der Waals surface area contributed by atoms with Gasteiger partial charge >= 0.3 is 5.97 Å². The zero-order valence-electron chi connectivity index (χ0n) is 18.0. The van der Waals surface area contributed by atoms with Crippen LogP contribution >= 0.6 is 0 Å². The molecule has 2 fully saturated rings. The fraction of sp³-hybridized carbons (Fsp3) is 0.708. The van der Waals surface area contributed by atoms with Gasteiger partial charge in [0.25, 0.3) is 0 Å². The summed E-state index contributed by atoms with van der Waals surface area (Å²) >= 11 is 0. The van der Waals surface area contributed by atoms with E-state index in [4.69, 9.17) is 4.74 Å². The predicted molar refractivity (Wildman–Crippen MR) is 110 cm³/mol. The van der Waals surface area contributed by atoms with Gasteiger partial charge in [-0.25, -0.2) is 0 Å². The molecule has 0 saturated heterocycles. The zero-order chi connectivity index (χ0) is 21.0. The monoisotopic (exact) mass is 399 g/mol. The number of hydrogen-bond donors (Lipinski definition) is 1. The Morgan fingerprint density at radius 1 is 1.10 bits per heavy atom. The molecule has 4 aliphatic rings. The summed E-state index contributed by atoms with van der Waals surface area (Å²) in [5.41, 5.74) is 3.17. The van der Waals surface area contributed by atoms with E-state index in [2.05, 4.69) is 25.2 Å². The highest BCUT2D eigenvalue weighted by atomic mass is 16.5. The molecule has 1 N–H and O–H groups in total. The van der Waals surface area contributed by atoms with Crippen molar-refractivity contribution < 1.29 is 19.1 Å². The van der Waals surface area contributed by atoms with E-state index in [1.165, 1.54) is 19.4 Å². The second-order valence-electron chi connectivity index (χ2n) is 10.1. The lowest BCUT2D eigenvalue weighted by Gasteiger charge is -2.58. The summed E-state index contributed by atoms with van der Waals surface area (Å²) in [5, 5.41) is 3.02. The fourth-order valence-electron chi connectivity index (χ4n) is 7.22. The number of ether oxygens (including phenoxy) is 1. The first-order chi connectivity index (χ1) is 13.7. The van der Waals surface area contributed by atoms with Crippen molar-refractivity contribution in [2.45, 2.75) is 78.7 Å². The Morgan fingerprint density at radius 3 is 2.48 bits per heavy atom. The highest BCUT2D eigenvalue weighted by Gasteiger charge is 2.58. The molecule has 29 heavy (non-hydrogen) atoms. The van der Waals surface area contributed by atoms with Gasteiger partial charge in [0.1, 0.15) is 12.4 Å². The molecule has 6 atom stereocenters. The van der Waals surface area contributed by atoms with E-state index in [-0.39, 0.29) is 28.8 Å². The summed E-state index contributed by atoms with van der Waals surface area (Å²) in [4.78, 5) is 35.0. The second-order valence-corrected chi connectivity index (χ2v) is 10.1. The number of aldehydes is 1. The minimum Gasteiger partial charge on any atom is -0.458 e. The molecule has 0 aromatic rings. The van der Waals surface area contributed by atoms with Crippen LogP contribution in [0.25, 0.3) is 0 Å². The lowest BCUT2D eigenvalue weighted by molar-refractivity contribution is -0.145. The maximum Gasteiger partial charge on any atom is 0.303 e. The van der Waals surface area contributed by atoms with Crippen LogP contribution in [-0.4, -0.2) is 24.3 Å². The molecule has 0 bridgehead atoms. The van der Waals surface area contributed by atoms with Gasteiger partial charge in [-0.2, -0.15) is 0 Å². The topological polar surface area (TPSA) is 72.5 Å². The van der Waals surface area contributed by atoms with Gasteiger partial charge in [0, 0.05) is 30.5 Å². The first-order valence-corrected chi connectivity index (χ1v) is 11.0. The SMILES string of the molecule is CC(=O)NC1=C(C=O)C[C@H]2[C@@H]3CCC4=C[C@@H](OC(C)=O)CC[C@]4(C)[C@H]3CC[C@]12C. The fourth-order valence-corrected chi connectivity index (χ4v) is 7.22. The number of rotatable bonds is 3. The van der Waals surface area contributed by atoms with Gasteiger partial charge in [-0.1, -0.05) is 19.4 Å². The molecular formula is C24H33NO4. The molecule has 1 amide bonds. The van der Waals surface area contributed by atoms with E-state index in [9.17, 15) is 14.4 Å². The van der Waals surface area contributed by atoms with Gasteiger partial charge < -0.3 is 10.1 Å². The number of amides is 1. The van der Waals surface area contributed by atoms with Crippen LogP contribution in [-0.2, 0) is 19.1 Å². The minimum atomic E-state index is -0.207. The largest absolute Gasteiger partial charge is 0.458 e. The molecule has 2 saturated carbocycles. The van der Waals surface area contributed by atoms with Crippen LogP contribution in [0.1, 0.15) is 72.6 Å².